The predicted molar refractivity (Wildman–Crippen MR) is 117 cm³/mol. The van der Waals surface area contributed by atoms with Gasteiger partial charge in [0.25, 0.3) is 10.0 Å². The number of hydrogen-bond donors (Lipinski definition) is 0. The lowest BCUT2D eigenvalue weighted by Gasteiger charge is -2.36. The molecule has 1 aliphatic heterocycles. The van der Waals surface area contributed by atoms with Gasteiger partial charge in [0, 0.05) is 5.56 Å². The van der Waals surface area contributed by atoms with E-state index >= 15 is 0 Å². The number of amides is 2. The van der Waals surface area contributed by atoms with Crippen LogP contribution >= 0.6 is 0 Å². The maximum atomic E-state index is 13.4. The number of nitrogens with zero attached hydrogens (tertiary/aromatic N) is 2. The first-order chi connectivity index (χ1) is 14.8. The molecule has 7 nitrogen and oxygen atoms in total. The minimum atomic E-state index is -4.13. The molecule has 4 rings (SSSR count). The number of Topliss-reactive ketones (excluding diaryl/α,β-unsaturated/α-hetero) is 1. The number of ether oxygens (including phenoxy) is 1. The van der Waals surface area contributed by atoms with Crippen molar-refractivity contribution in [3.05, 3.63) is 83.9 Å². The third-order valence-electron chi connectivity index (χ3n) is 5.03. The van der Waals surface area contributed by atoms with Crippen LogP contribution in [0.4, 0.5) is 16.2 Å². The summed E-state index contributed by atoms with van der Waals surface area (Å²) >= 11 is 0. The van der Waals surface area contributed by atoms with Gasteiger partial charge >= 0.3 is 6.03 Å². The van der Waals surface area contributed by atoms with Gasteiger partial charge in [-0.05, 0) is 61.0 Å². The molecule has 0 bridgehead atoms. The summed E-state index contributed by atoms with van der Waals surface area (Å²) in [6.07, 6.45) is 0. The summed E-state index contributed by atoms with van der Waals surface area (Å²) in [6.45, 7) is 1.50. The van der Waals surface area contributed by atoms with E-state index in [0.29, 0.717) is 11.3 Å². The third-order valence-corrected chi connectivity index (χ3v) is 6.78. The molecule has 3 aromatic carbocycles. The highest BCUT2D eigenvalue weighted by Crippen LogP contribution is 2.37. The molecule has 0 N–H and O–H groups in total. The van der Waals surface area contributed by atoms with Crippen molar-refractivity contribution < 1.29 is 22.7 Å². The van der Waals surface area contributed by atoms with Crippen molar-refractivity contribution in [2.24, 2.45) is 0 Å². The molecule has 8 heteroatoms. The van der Waals surface area contributed by atoms with Gasteiger partial charge in [0.1, 0.15) is 10.6 Å². The van der Waals surface area contributed by atoms with E-state index in [9.17, 15) is 18.0 Å². The number of para-hydroxylation sites is 1. The zero-order chi connectivity index (χ0) is 22.2. The molecule has 0 saturated carbocycles. The van der Waals surface area contributed by atoms with Crippen molar-refractivity contribution in [2.75, 3.05) is 22.9 Å². The molecule has 3 aromatic rings. The van der Waals surface area contributed by atoms with E-state index in [1.54, 1.807) is 54.6 Å². The van der Waals surface area contributed by atoms with E-state index < -0.39 is 16.1 Å². The summed E-state index contributed by atoms with van der Waals surface area (Å²) < 4.78 is 32.4. The van der Waals surface area contributed by atoms with Crippen LogP contribution in [0.2, 0.25) is 0 Å². The van der Waals surface area contributed by atoms with Crippen LogP contribution in [-0.2, 0) is 10.0 Å². The Kier molecular flexibility index (Phi) is 5.24. The highest BCUT2D eigenvalue weighted by atomic mass is 32.2. The summed E-state index contributed by atoms with van der Waals surface area (Å²) in [7, 11) is -2.60. The first-order valence-electron chi connectivity index (χ1n) is 9.52. The SMILES string of the molecule is COc1ccc(C(=O)CN2C(=O)N(c3cccc(C)c3)S(=O)(=O)c3ccccc32)cc1. The van der Waals surface area contributed by atoms with Crippen molar-refractivity contribution in [3.8, 4) is 5.75 Å². The van der Waals surface area contributed by atoms with Crippen molar-refractivity contribution in [1.29, 1.82) is 0 Å². The standard InChI is InChI=1S/C23H20N2O5S/c1-16-6-5-7-18(14-16)25-23(27)24(20-8-3-4-9-22(20)31(25,28)29)15-21(26)17-10-12-19(30-2)13-11-17/h3-14H,15H2,1-2H3. The number of anilines is 2. The molecular weight excluding hydrogens is 416 g/mol. The van der Waals surface area contributed by atoms with E-state index in [1.807, 2.05) is 13.0 Å². The largest absolute Gasteiger partial charge is 0.497 e. The second-order valence-electron chi connectivity index (χ2n) is 7.10. The molecule has 0 saturated heterocycles. The Balaban J connectivity index is 1.78. The smallest absolute Gasteiger partial charge is 0.343 e. The van der Waals surface area contributed by atoms with Crippen LogP contribution in [0.15, 0.2) is 77.7 Å². The fourth-order valence-corrected chi connectivity index (χ4v) is 5.07. The predicted octanol–water partition coefficient (Wildman–Crippen LogP) is 4.02. The number of carbonyl (C=O) groups is 2. The van der Waals surface area contributed by atoms with Crippen molar-refractivity contribution in [3.63, 3.8) is 0 Å². The summed E-state index contributed by atoms with van der Waals surface area (Å²) in [6, 6.07) is 18.6. The van der Waals surface area contributed by atoms with Gasteiger partial charge in [0.2, 0.25) is 0 Å². The molecule has 0 unspecified atom stereocenters. The summed E-state index contributed by atoms with van der Waals surface area (Å²) in [5.41, 5.74) is 1.60. The number of aryl methyl sites for hydroxylation is 1. The molecule has 158 valence electrons. The van der Waals surface area contributed by atoms with Gasteiger partial charge in [-0.25, -0.2) is 13.2 Å². The molecule has 0 spiro atoms. The molecule has 0 radical (unpaired) electrons. The van der Waals surface area contributed by atoms with Gasteiger partial charge in [0.05, 0.1) is 25.0 Å². The maximum absolute atomic E-state index is 13.4. The Morgan fingerprint density at radius 2 is 1.68 bits per heavy atom. The fraction of sp³-hybridized carbons (Fsp3) is 0.130. The molecule has 0 fully saturated rings. The molecule has 0 aliphatic carbocycles. The number of benzene rings is 3. The number of rotatable bonds is 5. The number of fused-ring (bicyclic) bond motifs is 1. The summed E-state index contributed by atoms with van der Waals surface area (Å²) in [4.78, 5) is 27.5. The van der Waals surface area contributed by atoms with Gasteiger partial charge < -0.3 is 4.74 Å². The fourth-order valence-electron chi connectivity index (χ4n) is 3.48. The Bertz CT molecular complexity index is 1270. The zero-order valence-corrected chi connectivity index (χ0v) is 17.8. The number of methoxy groups -OCH3 is 1. The van der Waals surface area contributed by atoms with Crippen molar-refractivity contribution >= 4 is 33.2 Å². The first-order valence-corrected chi connectivity index (χ1v) is 11.0. The molecule has 31 heavy (non-hydrogen) atoms. The van der Waals surface area contributed by atoms with E-state index in [0.717, 1.165) is 9.87 Å². The van der Waals surface area contributed by atoms with Crippen molar-refractivity contribution in [2.45, 2.75) is 11.8 Å². The zero-order valence-electron chi connectivity index (χ0n) is 17.0. The number of carbonyl (C=O) groups excluding carboxylic acids is 2. The van der Waals surface area contributed by atoms with Crippen LogP contribution in [-0.4, -0.2) is 33.9 Å². The van der Waals surface area contributed by atoms with E-state index in [2.05, 4.69) is 0 Å². The van der Waals surface area contributed by atoms with E-state index in [-0.39, 0.29) is 28.6 Å². The highest BCUT2D eigenvalue weighted by molar-refractivity contribution is 7.94. The van der Waals surface area contributed by atoms with Gasteiger partial charge in [-0.1, -0.05) is 24.3 Å². The lowest BCUT2D eigenvalue weighted by Crippen LogP contribution is -2.52. The third kappa shape index (κ3) is 3.66. The minimum absolute atomic E-state index is 0.0290. The second kappa shape index (κ2) is 7.88. The van der Waals surface area contributed by atoms with Crippen LogP contribution in [0.3, 0.4) is 0 Å². The molecule has 0 atom stereocenters. The minimum Gasteiger partial charge on any atom is -0.497 e. The number of urea groups is 1. The first kappa shape index (κ1) is 20.6. The lowest BCUT2D eigenvalue weighted by atomic mass is 10.1. The summed E-state index contributed by atoms with van der Waals surface area (Å²) in [5, 5.41) is 0. The van der Waals surface area contributed by atoms with Gasteiger partial charge in [-0.3, -0.25) is 9.69 Å². The Morgan fingerprint density at radius 1 is 0.968 bits per heavy atom. The van der Waals surface area contributed by atoms with Gasteiger partial charge in [-0.15, -0.1) is 0 Å². The van der Waals surface area contributed by atoms with E-state index in [1.165, 1.54) is 24.1 Å². The Hall–Kier alpha value is -3.65. The van der Waals surface area contributed by atoms with Crippen LogP contribution in [0.5, 0.6) is 5.75 Å². The maximum Gasteiger partial charge on any atom is 0.343 e. The lowest BCUT2D eigenvalue weighted by molar-refractivity contribution is 0.0999. The molecule has 1 aliphatic rings. The number of sulfonamides is 1. The second-order valence-corrected chi connectivity index (χ2v) is 8.85. The quantitative estimate of drug-likeness (QED) is 0.564. The van der Waals surface area contributed by atoms with Gasteiger partial charge in [-0.2, -0.15) is 4.31 Å². The van der Waals surface area contributed by atoms with Crippen LogP contribution < -0.4 is 13.9 Å². The monoisotopic (exact) mass is 436 g/mol. The molecule has 0 aromatic heterocycles. The Morgan fingerprint density at radius 3 is 2.35 bits per heavy atom. The van der Waals surface area contributed by atoms with Gasteiger partial charge in [0.15, 0.2) is 5.78 Å². The topological polar surface area (TPSA) is 84.0 Å². The molecule has 2 amide bonds. The summed E-state index contributed by atoms with van der Waals surface area (Å²) in [5.74, 6) is 0.280. The normalized spacial score (nSPS) is 14.8. The number of ketones is 1. The van der Waals surface area contributed by atoms with Crippen LogP contribution in [0.25, 0.3) is 0 Å². The average Bonchev–Trinajstić information content (AvgIpc) is 2.76. The average molecular weight is 436 g/mol. The Labute approximate surface area is 180 Å². The highest BCUT2D eigenvalue weighted by Gasteiger charge is 2.43. The molecule has 1 heterocycles. The van der Waals surface area contributed by atoms with Crippen LogP contribution in [0.1, 0.15) is 15.9 Å². The number of hydrogen-bond acceptors (Lipinski definition) is 5. The molecular formula is C23H20N2O5S. The van der Waals surface area contributed by atoms with Crippen LogP contribution in [0, 0.1) is 6.92 Å². The van der Waals surface area contributed by atoms with E-state index in [4.69, 9.17) is 4.74 Å². The van der Waals surface area contributed by atoms with Crippen molar-refractivity contribution in [1.82, 2.24) is 0 Å².